The van der Waals surface area contributed by atoms with Crippen molar-refractivity contribution in [3.8, 4) is 6.07 Å². The highest BCUT2D eigenvalue weighted by Crippen LogP contribution is 2.17. The van der Waals surface area contributed by atoms with E-state index in [4.69, 9.17) is 11.0 Å². The van der Waals surface area contributed by atoms with E-state index in [0.717, 1.165) is 4.88 Å². The van der Waals surface area contributed by atoms with E-state index in [1.807, 2.05) is 17.5 Å². The highest BCUT2D eigenvalue weighted by atomic mass is 32.1. The molecule has 0 bridgehead atoms. The number of rotatable bonds is 1. The predicted molar refractivity (Wildman–Crippen MR) is 55.7 cm³/mol. The minimum Gasteiger partial charge on any atom is -0.357 e. The molecule has 0 fully saturated rings. The van der Waals surface area contributed by atoms with Crippen LogP contribution >= 0.6 is 11.3 Å². The Morgan fingerprint density at radius 2 is 2.50 bits per heavy atom. The molecule has 5 heteroatoms. The van der Waals surface area contributed by atoms with Gasteiger partial charge in [-0.25, -0.2) is 4.99 Å². The number of aliphatic imine (C=N–C) groups is 1. The van der Waals surface area contributed by atoms with Crippen LogP contribution in [-0.2, 0) is 0 Å². The monoisotopic (exact) mass is 204 g/mol. The lowest BCUT2D eigenvalue weighted by Gasteiger charge is -2.15. The Labute approximate surface area is 85.4 Å². The smallest absolute Gasteiger partial charge is 0.171 e. The van der Waals surface area contributed by atoms with Gasteiger partial charge in [0.2, 0.25) is 0 Å². The van der Waals surface area contributed by atoms with Crippen LogP contribution in [-0.4, -0.2) is 12.0 Å². The van der Waals surface area contributed by atoms with Crippen molar-refractivity contribution in [2.45, 2.75) is 6.29 Å². The molecule has 0 spiro atoms. The molecule has 1 aromatic heterocycles. The Kier molecular flexibility index (Phi) is 2.31. The maximum atomic E-state index is 8.87. The van der Waals surface area contributed by atoms with Crippen molar-refractivity contribution >= 4 is 17.0 Å². The fourth-order valence-corrected chi connectivity index (χ4v) is 1.91. The standard InChI is InChI=1S/C9H8N4S/c10-4-6-5-12-9(11)13-8(6)7-2-1-3-14-7/h1-3,5,9,12H,11H2. The van der Waals surface area contributed by atoms with Crippen LogP contribution in [0.3, 0.4) is 0 Å². The van der Waals surface area contributed by atoms with Gasteiger partial charge in [-0.05, 0) is 11.4 Å². The van der Waals surface area contributed by atoms with Gasteiger partial charge in [0.15, 0.2) is 6.29 Å². The van der Waals surface area contributed by atoms with Gasteiger partial charge in [-0.3, -0.25) is 5.73 Å². The summed E-state index contributed by atoms with van der Waals surface area (Å²) in [5.41, 5.74) is 6.80. The molecule has 1 atom stereocenters. The van der Waals surface area contributed by atoms with Crippen molar-refractivity contribution < 1.29 is 0 Å². The van der Waals surface area contributed by atoms with Crippen LogP contribution < -0.4 is 11.1 Å². The number of allylic oxidation sites excluding steroid dienone is 1. The molecule has 2 rings (SSSR count). The van der Waals surface area contributed by atoms with Gasteiger partial charge in [-0.2, -0.15) is 5.26 Å². The first-order chi connectivity index (χ1) is 6.81. The molecule has 14 heavy (non-hydrogen) atoms. The van der Waals surface area contributed by atoms with Crippen LogP contribution in [0, 0.1) is 11.3 Å². The third-order valence-electron chi connectivity index (χ3n) is 1.80. The highest BCUT2D eigenvalue weighted by molar-refractivity contribution is 7.12. The number of nitrogens with zero attached hydrogens (tertiary/aromatic N) is 2. The van der Waals surface area contributed by atoms with Crippen molar-refractivity contribution in [3.63, 3.8) is 0 Å². The van der Waals surface area contributed by atoms with E-state index in [-0.39, 0.29) is 0 Å². The van der Waals surface area contributed by atoms with Crippen molar-refractivity contribution in [2.24, 2.45) is 10.7 Å². The summed E-state index contributed by atoms with van der Waals surface area (Å²) in [6.07, 6.45) is 1.15. The zero-order valence-corrected chi connectivity index (χ0v) is 8.08. The Hall–Kier alpha value is -1.64. The van der Waals surface area contributed by atoms with E-state index in [0.29, 0.717) is 11.3 Å². The number of thiophene rings is 1. The summed E-state index contributed by atoms with van der Waals surface area (Å²) in [5, 5.41) is 13.6. The summed E-state index contributed by atoms with van der Waals surface area (Å²) in [4.78, 5) is 5.15. The SMILES string of the molecule is N#CC1=CNC(N)N=C1c1cccs1. The lowest BCUT2D eigenvalue weighted by Crippen LogP contribution is -2.36. The quantitative estimate of drug-likeness (QED) is 0.710. The maximum Gasteiger partial charge on any atom is 0.171 e. The molecule has 0 saturated carbocycles. The maximum absolute atomic E-state index is 8.87. The van der Waals surface area contributed by atoms with Gasteiger partial charge in [-0.1, -0.05) is 6.07 Å². The predicted octanol–water partition coefficient (Wildman–Crippen LogP) is 0.790. The van der Waals surface area contributed by atoms with Crippen LogP contribution in [0.1, 0.15) is 4.88 Å². The van der Waals surface area contributed by atoms with Gasteiger partial charge < -0.3 is 5.32 Å². The summed E-state index contributed by atoms with van der Waals surface area (Å²) >= 11 is 1.54. The number of hydrogen-bond acceptors (Lipinski definition) is 5. The molecule has 2 heterocycles. The van der Waals surface area contributed by atoms with Crippen LogP contribution in [0.25, 0.3) is 0 Å². The van der Waals surface area contributed by atoms with Gasteiger partial charge in [-0.15, -0.1) is 11.3 Å². The molecular weight excluding hydrogens is 196 g/mol. The molecule has 1 aliphatic rings. The molecule has 3 N–H and O–H groups in total. The third-order valence-corrected chi connectivity index (χ3v) is 2.67. The Bertz CT molecular complexity index is 424. The number of nitrogens with two attached hydrogens (primary N) is 1. The largest absolute Gasteiger partial charge is 0.357 e. The molecule has 0 amide bonds. The summed E-state index contributed by atoms with van der Waals surface area (Å²) in [5.74, 6) is 0. The summed E-state index contributed by atoms with van der Waals surface area (Å²) < 4.78 is 0. The second kappa shape index (κ2) is 3.62. The highest BCUT2D eigenvalue weighted by Gasteiger charge is 2.16. The van der Waals surface area contributed by atoms with Crippen molar-refractivity contribution in [1.82, 2.24) is 5.32 Å². The molecule has 0 saturated heterocycles. The number of hydrogen-bond donors (Lipinski definition) is 2. The van der Waals surface area contributed by atoms with Crippen LogP contribution in [0.2, 0.25) is 0 Å². The zero-order valence-electron chi connectivity index (χ0n) is 7.27. The Balaban J connectivity index is 2.42. The summed E-state index contributed by atoms with van der Waals surface area (Å²) in [6.45, 7) is 0. The fraction of sp³-hybridized carbons (Fsp3) is 0.111. The first-order valence-electron chi connectivity index (χ1n) is 4.05. The van der Waals surface area contributed by atoms with Crippen LogP contribution in [0.4, 0.5) is 0 Å². The van der Waals surface area contributed by atoms with E-state index in [2.05, 4.69) is 16.4 Å². The van der Waals surface area contributed by atoms with E-state index in [1.165, 1.54) is 0 Å². The molecule has 0 aliphatic carbocycles. The lowest BCUT2D eigenvalue weighted by atomic mass is 10.1. The normalized spacial score (nSPS) is 20.4. The van der Waals surface area contributed by atoms with Crippen molar-refractivity contribution in [2.75, 3.05) is 0 Å². The summed E-state index contributed by atoms with van der Waals surface area (Å²) in [7, 11) is 0. The first-order valence-corrected chi connectivity index (χ1v) is 4.93. The van der Waals surface area contributed by atoms with Gasteiger partial charge in [0.1, 0.15) is 6.07 Å². The minimum atomic E-state index is -0.454. The minimum absolute atomic E-state index is 0.454. The van der Waals surface area contributed by atoms with Crippen LogP contribution in [0.15, 0.2) is 34.3 Å². The molecule has 1 aromatic rings. The molecule has 4 nitrogen and oxygen atoms in total. The topological polar surface area (TPSA) is 74.2 Å². The van der Waals surface area contributed by atoms with Gasteiger partial charge in [0.25, 0.3) is 0 Å². The third kappa shape index (κ3) is 1.53. The van der Waals surface area contributed by atoms with Crippen molar-refractivity contribution in [3.05, 3.63) is 34.2 Å². The fourth-order valence-electron chi connectivity index (χ4n) is 1.18. The van der Waals surface area contributed by atoms with Gasteiger partial charge >= 0.3 is 0 Å². The molecule has 1 aliphatic heterocycles. The van der Waals surface area contributed by atoms with Crippen LogP contribution in [0.5, 0.6) is 0 Å². The number of nitriles is 1. The second-order valence-corrected chi connectivity index (χ2v) is 3.68. The van der Waals surface area contributed by atoms with E-state index < -0.39 is 6.29 Å². The Morgan fingerprint density at radius 3 is 3.14 bits per heavy atom. The zero-order chi connectivity index (χ0) is 9.97. The molecule has 1 unspecified atom stereocenters. The lowest BCUT2D eigenvalue weighted by molar-refractivity contribution is 0.634. The average molecular weight is 204 g/mol. The van der Waals surface area contributed by atoms with E-state index >= 15 is 0 Å². The summed E-state index contributed by atoms with van der Waals surface area (Å²) in [6, 6.07) is 5.93. The van der Waals surface area contributed by atoms with E-state index in [1.54, 1.807) is 17.5 Å². The van der Waals surface area contributed by atoms with E-state index in [9.17, 15) is 0 Å². The number of nitrogens with one attached hydrogen (secondary N) is 1. The van der Waals surface area contributed by atoms with Gasteiger partial charge in [0.05, 0.1) is 16.2 Å². The first kappa shape index (κ1) is 8.94. The van der Waals surface area contributed by atoms with Crippen molar-refractivity contribution in [1.29, 1.82) is 5.26 Å². The molecule has 0 radical (unpaired) electrons. The Morgan fingerprint density at radius 1 is 1.64 bits per heavy atom. The average Bonchev–Trinajstić information content (AvgIpc) is 2.70. The molecule has 0 aromatic carbocycles. The molecule has 70 valence electrons. The second-order valence-electron chi connectivity index (χ2n) is 2.74. The molecular formula is C9H8N4S. The van der Waals surface area contributed by atoms with Gasteiger partial charge in [0, 0.05) is 6.20 Å².